The van der Waals surface area contributed by atoms with Gasteiger partial charge in [0.2, 0.25) is 0 Å². The molecule has 0 saturated heterocycles. The number of carbonyl (C=O) groups is 1. The topological polar surface area (TPSA) is 55.8 Å². The largest absolute Gasteiger partial charge is 0.388 e. The molecule has 1 atom stereocenters. The van der Waals surface area contributed by atoms with Crippen molar-refractivity contribution in [2.24, 2.45) is 0 Å². The van der Waals surface area contributed by atoms with Gasteiger partial charge >= 0.3 is 0 Å². The van der Waals surface area contributed by atoms with Crippen LogP contribution in [-0.4, -0.2) is 43.4 Å². The number of methoxy groups -OCH3 is 1. The molecule has 1 saturated carbocycles. The molecule has 0 bridgehead atoms. The number of carbonyl (C=O) groups excluding carboxylic acids is 1. The Morgan fingerprint density at radius 3 is 2.64 bits per heavy atom. The zero-order chi connectivity index (χ0) is 10.4. The second-order valence-electron chi connectivity index (χ2n) is 3.68. The number of hydrogen-bond donors (Lipinski definition) is 1. The van der Waals surface area contributed by atoms with Gasteiger partial charge in [-0.1, -0.05) is 0 Å². The van der Waals surface area contributed by atoms with Crippen LogP contribution in [-0.2, 0) is 14.3 Å². The van der Waals surface area contributed by atoms with Crippen LogP contribution in [0.4, 0.5) is 0 Å². The molecule has 1 aliphatic carbocycles. The van der Waals surface area contributed by atoms with Crippen LogP contribution in [0.2, 0.25) is 0 Å². The van der Waals surface area contributed by atoms with Gasteiger partial charge in [-0.25, -0.2) is 0 Å². The molecule has 0 radical (unpaired) electrons. The number of rotatable bonds is 5. The highest BCUT2D eigenvalue weighted by Crippen LogP contribution is 2.17. The fraction of sp³-hybridized carbons (Fsp3) is 0.900. The molecule has 0 aliphatic heterocycles. The highest BCUT2D eigenvalue weighted by molar-refractivity contribution is 5.79. The number of hydrogen-bond acceptors (Lipinski definition) is 4. The first-order valence-electron chi connectivity index (χ1n) is 5.02. The third kappa shape index (κ3) is 4.17. The molecule has 4 nitrogen and oxygen atoms in total. The first-order valence-corrected chi connectivity index (χ1v) is 5.02. The lowest BCUT2D eigenvalue weighted by Gasteiger charge is -2.22. The Morgan fingerprint density at radius 2 is 2.07 bits per heavy atom. The maximum Gasteiger partial charge on any atom is 0.133 e. The third-order valence-corrected chi connectivity index (χ3v) is 2.37. The Morgan fingerprint density at radius 1 is 1.43 bits per heavy atom. The summed E-state index contributed by atoms with van der Waals surface area (Å²) < 4.78 is 10.2. The second kappa shape index (κ2) is 6.11. The normalized spacial score (nSPS) is 21.1. The number of ketones is 1. The summed E-state index contributed by atoms with van der Waals surface area (Å²) in [5.74, 6) is 0.322. The fourth-order valence-electron chi connectivity index (χ4n) is 1.57. The highest BCUT2D eigenvalue weighted by atomic mass is 16.5. The van der Waals surface area contributed by atoms with E-state index in [2.05, 4.69) is 0 Å². The summed E-state index contributed by atoms with van der Waals surface area (Å²) in [7, 11) is 1.54. The summed E-state index contributed by atoms with van der Waals surface area (Å²) in [5.41, 5.74) is 0. The van der Waals surface area contributed by atoms with E-state index in [1.807, 2.05) is 0 Å². The van der Waals surface area contributed by atoms with Crippen molar-refractivity contribution in [1.29, 1.82) is 0 Å². The summed E-state index contributed by atoms with van der Waals surface area (Å²) >= 11 is 0. The van der Waals surface area contributed by atoms with E-state index in [0.29, 0.717) is 31.8 Å². The number of ether oxygens (including phenoxy) is 2. The molecule has 1 aliphatic rings. The van der Waals surface area contributed by atoms with Gasteiger partial charge in [0.1, 0.15) is 11.9 Å². The predicted molar refractivity (Wildman–Crippen MR) is 51.1 cm³/mol. The molecule has 1 unspecified atom stereocenters. The lowest BCUT2D eigenvalue weighted by Crippen LogP contribution is -2.28. The van der Waals surface area contributed by atoms with Gasteiger partial charge in [-0.2, -0.15) is 0 Å². The fourth-order valence-corrected chi connectivity index (χ4v) is 1.57. The van der Waals surface area contributed by atoms with Crippen molar-refractivity contribution in [2.45, 2.75) is 37.9 Å². The molecule has 1 rings (SSSR count). The molecule has 0 aromatic heterocycles. The molecule has 0 spiro atoms. The predicted octanol–water partition coefficient (Wildman–Crippen LogP) is 0.522. The van der Waals surface area contributed by atoms with Crippen LogP contribution in [0.15, 0.2) is 0 Å². The standard InChI is InChI=1S/C10H18O4/c1-13-6-9(12)7-14-10-4-2-8(11)3-5-10/h9-10,12H,2-7H2,1H3. The maximum atomic E-state index is 10.9. The van der Waals surface area contributed by atoms with Crippen molar-refractivity contribution in [1.82, 2.24) is 0 Å². The van der Waals surface area contributed by atoms with E-state index in [4.69, 9.17) is 9.47 Å². The van der Waals surface area contributed by atoms with Crippen LogP contribution in [0.3, 0.4) is 0 Å². The monoisotopic (exact) mass is 202 g/mol. The quantitative estimate of drug-likeness (QED) is 0.706. The van der Waals surface area contributed by atoms with Crippen LogP contribution < -0.4 is 0 Å². The molecule has 14 heavy (non-hydrogen) atoms. The summed E-state index contributed by atoms with van der Waals surface area (Å²) in [6.45, 7) is 0.596. The van der Waals surface area contributed by atoms with Crippen LogP contribution in [0, 0.1) is 0 Å². The molecule has 1 N–H and O–H groups in total. The van der Waals surface area contributed by atoms with E-state index in [0.717, 1.165) is 12.8 Å². The van der Waals surface area contributed by atoms with Gasteiger partial charge in [0.15, 0.2) is 0 Å². The van der Waals surface area contributed by atoms with E-state index in [1.165, 1.54) is 0 Å². The SMILES string of the molecule is COCC(O)COC1CCC(=O)CC1. The lowest BCUT2D eigenvalue weighted by molar-refractivity contribution is -0.123. The first kappa shape index (κ1) is 11.6. The molecule has 1 fully saturated rings. The van der Waals surface area contributed by atoms with Crippen molar-refractivity contribution in [3.8, 4) is 0 Å². The number of aliphatic hydroxyl groups excluding tert-OH is 1. The van der Waals surface area contributed by atoms with Crippen LogP contribution >= 0.6 is 0 Å². The summed E-state index contributed by atoms with van der Waals surface area (Å²) in [6, 6.07) is 0. The number of Topliss-reactive ketones (excluding diaryl/α,β-unsaturated/α-hetero) is 1. The van der Waals surface area contributed by atoms with Gasteiger partial charge in [0, 0.05) is 20.0 Å². The molecular weight excluding hydrogens is 184 g/mol. The first-order chi connectivity index (χ1) is 6.72. The minimum absolute atomic E-state index is 0.138. The van der Waals surface area contributed by atoms with E-state index in [1.54, 1.807) is 7.11 Å². The Balaban J connectivity index is 2.09. The minimum atomic E-state index is -0.558. The van der Waals surface area contributed by atoms with Gasteiger partial charge in [0.25, 0.3) is 0 Å². The smallest absolute Gasteiger partial charge is 0.133 e. The zero-order valence-corrected chi connectivity index (χ0v) is 8.57. The van der Waals surface area contributed by atoms with Gasteiger partial charge < -0.3 is 14.6 Å². The van der Waals surface area contributed by atoms with Gasteiger partial charge in [0.05, 0.1) is 19.3 Å². The minimum Gasteiger partial charge on any atom is -0.388 e. The van der Waals surface area contributed by atoms with Crippen molar-refractivity contribution in [3.63, 3.8) is 0 Å². The highest BCUT2D eigenvalue weighted by Gasteiger charge is 2.19. The van der Waals surface area contributed by atoms with E-state index < -0.39 is 6.10 Å². The van der Waals surface area contributed by atoms with Crippen molar-refractivity contribution in [3.05, 3.63) is 0 Å². The van der Waals surface area contributed by atoms with Gasteiger partial charge in [-0.3, -0.25) is 4.79 Å². The van der Waals surface area contributed by atoms with Crippen molar-refractivity contribution < 1.29 is 19.4 Å². The van der Waals surface area contributed by atoms with Crippen LogP contribution in [0.25, 0.3) is 0 Å². The Hall–Kier alpha value is -0.450. The van der Waals surface area contributed by atoms with E-state index in [9.17, 15) is 9.90 Å². The lowest BCUT2D eigenvalue weighted by atomic mass is 9.96. The van der Waals surface area contributed by atoms with Crippen LogP contribution in [0.5, 0.6) is 0 Å². The molecule has 0 aromatic carbocycles. The van der Waals surface area contributed by atoms with Crippen molar-refractivity contribution in [2.75, 3.05) is 20.3 Å². The average Bonchev–Trinajstić information content (AvgIpc) is 2.17. The number of aliphatic hydroxyl groups is 1. The Kier molecular flexibility index (Phi) is 5.07. The molecule has 0 amide bonds. The second-order valence-corrected chi connectivity index (χ2v) is 3.68. The zero-order valence-electron chi connectivity index (χ0n) is 8.57. The molecular formula is C10H18O4. The van der Waals surface area contributed by atoms with E-state index >= 15 is 0 Å². The van der Waals surface area contributed by atoms with Crippen LogP contribution in [0.1, 0.15) is 25.7 Å². The molecule has 0 heterocycles. The van der Waals surface area contributed by atoms with Crippen molar-refractivity contribution >= 4 is 5.78 Å². The Bertz CT molecular complexity index is 171. The average molecular weight is 202 g/mol. The third-order valence-electron chi connectivity index (χ3n) is 2.37. The molecule has 4 heteroatoms. The van der Waals surface area contributed by atoms with E-state index in [-0.39, 0.29) is 6.10 Å². The summed E-state index contributed by atoms with van der Waals surface area (Å²) in [4.78, 5) is 10.9. The maximum absolute atomic E-state index is 10.9. The summed E-state index contributed by atoms with van der Waals surface area (Å²) in [6.07, 6.45) is 2.39. The molecule has 82 valence electrons. The summed E-state index contributed by atoms with van der Waals surface area (Å²) in [5, 5.41) is 9.31. The van der Waals surface area contributed by atoms with Gasteiger partial charge in [-0.15, -0.1) is 0 Å². The molecule has 0 aromatic rings. The van der Waals surface area contributed by atoms with Gasteiger partial charge in [-0.05, 0) is 12.8 Å². The Labute approximate surface area is 84.2 Å².